The third-order valence-electron chi connectivity index (χ3n) is 3.79. The van der Waals surface area contributed by atoms with Gasteiger partial charge in [-0.2, -0.15) is 4.98 Å². The Morgan fingerprint density at radius 3 is 2.77 bits per heavy atom. The van der Waals surface area contributed by atoms with Gasteiger partial charge in [0.2, 0.25) is 0 Å². The standard InChI is InChI=1S/C16H26N4O2/c1-20(2)10-11-22-15-6-4-13(5-7-15)18-12-14-8-9-17-16(19-14)21-3/h8-9,12-13,15H,4-7,10-11H2,1-3H3. The minimum atomic E-state index is 0.370. The predicted octanol–water partition coefficient (Wildman–Crippen LogP) is 1.79. The lowest BCUT2D eigenvalue weighted by molar-refractivity contribution is 0.0186. The van der Waals surface area contributed by atoms with Crippen LogP contribution in [0.1, 0.15) is 31.4 Å². The fourth-order valence-electron chi connectivity index (χ4n) is 2.47. The molecule has 1 aliphatic rings. The van der Waals surface area contributed by atoms with Crippen LogP contribution in [0, 0.1) is 0 Å². The van der Waals surface area contributed by atoms with E-state index in [-0.39, 0.29) is 0 Å². The number of hydrogen-bond donors (Lipinski definition) is 0. The van der Waals surface area contributed by atoms with Gasteiger partial charge in [-0.1, -0.05) is 0 Å². The van der Waals surface area contributed by atoms with Crippen molar-refractivity contribution in [2.75, 3.05) is 34.4 Å². The van der Waals surface area contributed by atoms with E-state index in [1.165, 1.54) is 0 Å². The van der Waals surface area contributed by atoms with E-state index in [2.05, 4.69) is 34.0 Å². The first-order chi connectivity index (χ1) is 10.7. The third kappa shape index (κ3) is 5.69. The molecule has 2 rings (SSSR count). The maximum atomic E-state index is 5.90. The fourth-order valence-corrected chi connectivity index (χ4v) is 2.47. The number of ether oxygens (including phenoxy) is 2. The summed E-state index contributed by atoms with van der Waals surface area (Å²) >= 11 is 0. The summed E-state index contributed by atoms with van der Waals surface area (Å²) in [4.78, 5) is 15.0. The molecule has 0 unspecified atom stereocenters. The topological polar surface area (TPSA) is 59.8 Å². The van der Waals surface area contributed by atoms with E-state index in [0.29, 0.717) is 18.2 Å². The van der Waals surface area contributed by atoms with Gasteiger partial charge in [0.25, 0.3) is 0 Å². The minimum absolute atomic E-state index is 0.370. The van der Waals surface area contributed by atoms with Gasteiger partial charge in [-0.15, -0.1) is 0 Å². The van der Waals surface area contributed by atoms with Crippen LogP contribution in [0.2, 0.25) is 0 Å². The first-order valence-electron chi connectivity index (χ1n) is 7.84. The predicted molar refractivity (Wildman–Crippen MR) is 86.7 cm³/mol. The van der Waals surface area contributed by atoms with Gasteiger partial charge in [-0.3, -0.25) is 4.99 Å². The van der Waals surface area contributed by atoms with Gasteiger partial charge in [-0.05, 0) is 45.8 Å². The van der Waals surface area contributed by atoms with Crippen LogP contribution in [0.25, 0.3) is 0 Å². The van der Waals surface area contributed by atoms with Crippen LogP contribution in [0.3, 0.4) is 0 Å². The Balaban J connectivity index is 1.73. The van der Waals surface area contributed by atoms with Crippen LogP contribution in [-0.4, -0.2) is 67.6 Å². The number of aromatic nitrogens is 2. The zero-order valence-corrected chi connectivity index (χ0v) is 13.7. The van der Waals surface area contributed by atoms with Crippen molar-refractivity contribution in [3.05, 3.63) is 18.0 Å². The van der Waals surface area contributed by atoms with Crippen LogP contribution in [-0.2, 0) is 4.74 Å². The summed E-state index contributed by atoms with van der Waals surface area (Å²) in [6.45, 7) is 1.79. The molecule has 1 aliphatic carbocycles. The summed E-state index contributed by atoms with van der Waals surface area (Å²) in [5.41, 5.74) is 0.788. The van der Waals surface area contributed by atoms with Crippen molar-refractivity contribution in [1.82, 2.24) is 14.9 Å². The monoisotopic (exact) mass is 306 g/mol. The molecule has 0 atom stereocenters. The van der Waals surface area contributed by atoms with Crippen LogP contribution < -0.4 is 4.74 Å². The second-order valence-electron chi connectivity index (χ2n) is 5.85. The number of aliphatic imine (C=N–C) groups is 1. The molecule has 0 N–H and O–H groups in total. The number of nitrogens with zero attached hydrogens (tertiary/aromatic N) is 4. The van der Waals surface area contributed by atoms with Gasteiger partial charge >= 0.3 is 6.01 Å². The molecule has 0 spiro atoms. The molecule has 0 aromatic carbocycles. The van der Waals surface area contributed by atoms with Crippen LogP contribution in [0.15, 0.2) is 17.3 Å². The molecule has 6 nitrogen and oxygen atoms in total. The van der Waals surface area contributed by atoms with Crippen LogP contribution in [0.5, 0.6) is 6.01 Å². The largest absolute Gasteiger partial charge is 0.467 e. The molecule has 1 saturated carbocycles. The Labute approximate surface area is 132 Å². The molecule has 1 aromatic heterocycles. The second kappa shape index (κ2) is 8.80. The molecule has 0 aliphatic heterocycles. The molecule has 122 valence electrons. The third-order valence-corrected chi connectivity index (χ3v) is 3.79. The molecule has 1 fully saturated rings. The molecule has 1 heterocycles. The molecule has 0 amide bonds. The highest BCUT2D eigenvalue weighted by Crippen LogP contribution is 2.23. The van der Waals surface area contributed by atoms with Crippen molar-refractivity contribution in [3.63, 3.8) is 0 Å². The number of methoxy groups -OCH3 is 1. The van der Waals surface area contributed by atoms with Crippen molar-refractivity contribution >= 4 is 6.21 Å². The van der Waals surface area contributed by atoms with Crippen molar-refractivity contribution < 1.29 is 9.47 Å². The lowest BCUT2D eigenvalue weighted by Crippen LogP contribution is -2.27. The van der Waals surface area contributed by atoms with E-state index in [4.69, 9.17) is 9.47 Å². The Morgan fingerprint density at radius 1 is 1.32 bits per heavy atom. The van der Waals surface area contributed by atoms with Crippen molar-refractivity contribution in [3.8, 4) is 6.01 Å². The van der Waals surface area contributed by atoms with Gasteiger partial charge < -0.3 is 14.4 Å². The number of rotatable bonds is 7. The van der Waals surface area contributed by atoms with Gasteiger partial charge in [0.05, 0.1) is 31.6 Å². The second-order valence-corrected chi connectivity index (χ2v) is 5.85. The van der Waals surface area contributed by atoms with E-state index in [0.717, 1.165) is 44.5 Å². The Hall–Kier alpha value is -1.53. The van der Waals surface area contributed by atoms with Crippen LogP contribution >= 0.6 is 0 Å². The average molecular weight is 306 g/mol. The van der Waals surface area contributed by atoms with Gasteiger partial charge in [0.15, 0.2) is 0 Å². The maximum absolute atomic E-state index is 5.90. The Morgan fingerprint density at radius 2 is 2.09 bits per heavy atom. The molecule has 1 aromatic rings. The quantitative estimate of drug-likeness (QED) is 0.719. The summed E-state index contributed by atoms with van der Waals surface area (Å²) in [7, 11) is 5.70. The Kier molecular flexibility index (Phi) is 6.74. The summed E-state index contributed by atoms with van der Waals surface area (Å²) in [6, 6.07) is 2.58. The summed E-state index contributed by atoms with van der Waals surface area (Å²) in [5, 5.41) is 0. The highest BCUT2D eigenvalue weighted by Gasteiger charge is 2.20. The van der Waals surface area contributed by atoms with Crippen LogP contribution in [0.4, 0.5) is 0 Å². The fraction of sp³-hybridized carbons (Fsp3) is 0.688. The molecule has 6 heteroatoms. The zero-order valence-electron chi connectivity index (χ0n) is 13.7. The minimum Gasteiger partial charge on any atom is -0.467 e. The van der Waals surface area contributed by atoms with E-state index in [1.807, 2.05) is 12.3 Å². The van der Waals surface area contributed by atoms with Crippen molar-refractivity contribution in [2.45, 2.75) is 37.8 Å². The molecule has 0 saturated heterocycles. The number of likely N-dealkylation sites (N-methyl/N-ethyl adjacent to an activating group) is 1. The summed E-state index contributed by atoms with van der Waals surface area (Å²) in [6.07, 6.45) is 8.22. The van der Waals surface area contributed by atoms with Crippen molar-refractivity contribution in [1.29, 1.82) is 0 Å². The SMILES string of the molecule is COc1nccc(C=NC2CCC(OCCN(C)C)CC2)n1. The van der Waals surface area contributed by atoms with Gasteiger partial charge in [0, 0.05) is 19.0 Å². The van der Waals surface area contributed by atoms with E-state index < -0.39 is 0 Å². The molecule has 0 bridgehead atoms. The highest BCUT2D eigenvalue weighted by molar-refractivity contribution is 5.76. The van der Waals surface area contributed by atoms with E-state index >= 15 is 0 Å². The lowest BCUT2D eigenvalue weighted by atomic mass is 9.93. The maximum Gasteiger partial charge on any atom is 0.316 e. The van der Waals surface area contributed by atoms with E-state index in [9.17, 15) is 0 Å². The zero-order chi connectivity index (χ0) is 15.8. The molecular weight excluding hydrogens is 280 g/mol. The number of hydrogen-bond acceptors (Lipinski definition) is 6. The summed E-state index contributed by atoms with van der Waals surface area (Å²) in [5.74, 6) is 0. The lowest BCUT2D eigenvalue weighted by Gasteiger charge is -2.26. The summed E-state index contributed by atoms with van der Waals surface area (Å²) < 4.78 is 10.9. The molecule has 22 heavy (non-hydrogen) atoms. The van der Waals surface area contributed by atoms with E-state index in [1.54, 1.807) is 13.3 Å². The first-order valence-corrected chi connectivity index (χ1v) is 7.84. The van der Waals surface area contributed by atoms with Gasteiger partial charge in [-0.25, -0.2) is 4.98 Å². The highest BCUT2D eigenvalue weighted by atomic mass is 16.5. The normalized spacial score (nSPS) is 22.4. The smallest absolute Gasteiger partial charge is 0.316 e. The Bertz CT molecular complexity index is 471. The molecule has 0 radical (unpaired) electrons. The average Bonchev–Trinajstić information content (AvgIpc) is 2.54. The van der Waals surface area contributed by atoms with Crippen molar-refractivity contribution in [2.24, 2.45) is 4.99 Å². The first kappa shape index (κ1) is 16.8. The molecular formula is C16H26N4O2. The van der Waals surface area contributed by atoms with Gasteiger partial charge in [0.1, 0.15) is 0 Å².